The van der Waals surface area contributed by atoms with Crippen molar-refractivity contribution in [3.63, 3.8) is 0 Å². The first-order chi connectivity index (χ1) is 10.5. The molecule has 0 heterocycles. The van der Waals surface area contributed by atoms with E-state index in [9.17, 15) is 24.0 Å². The molecule has 0 aliphatic heterocycles. The molecule has 0 aromatic rings. The quantitative estimate of drug-likeness (QED) is 0.238. The number of aliphatic carboxylic acids is 1. The number of hydrogen-bond acceptors (Lipinski definition) is 6. The minimum atomic E-state index is -1.41. The molecule has 23 heavy (non-hydrogen) atoms. The van der Waals surface area contributed by atoms with Crippen LogP contribution in [0.25, 0.3) is 0 Å². The maximum atomic E-state index is 12.0. The lowest BCUT2D eigenvalue weighted by Gasteiger charge is -2.21. The van der Waals surface area contributed by atoms with Gasteiger partial charge in [0, 0.05) is 6.42 Å². The first kappa shape index (κ1) is 20.3. The Labute approximate surface area is 131 Å². The normalized spacial score (nSPS) is 14.2. The van der Waals surface area contributed by atoms with Gasteiger partial charge in [0.2, 0.25) is 23.6 Å². The third-order valence-electron chi connectivity index (χ3n) is 2.75. The molecule has 0 aliphatic rings. The minimum absolute atomic E-state index is 0.235. The SMILES string of the molecule is CC(N)C(=O)NC(CC(N)=O)C(=O)NC(CCC(N)=O)C(=O)O. The Balaban J connectivity index is 4.96. The zero-order chi connectivity index (χ0) is 18.2. The van der Waals surface area contributed by atoms with Crippen LogP contribution in [0.3, 0.4) is 0 Å². The number of amides is 4. The Bertz CT molecular complexity index is 492. The topological polar surface area (TPSA) is 208 Å². The molecule has 4 amide bonds. The molecule has 0 bridgehead atoms. The van der Waals surface area contributed by atoms with E-state index >= 15 is 0 Å². The molecule has 3 atom stereocenters. The summed E-state index contributed by atoms with van der Waals surface area (Å²) in [7, 11) is 0. The van der Waals surface area contributed by atoms with Crippen LogP contribution in [0.1, 0.15) is 26.2 Å². The number of nitrogens with two attached hydrogens (primary N) is 3. The monoisotopic (exact) mass is 331 g/mol. The van der Waals surface area contributed by atoms with E-state index in [2.05, 4.69) is 10.6 Å². The highest BCUT2D eigenvalue weighted by atomic mass is 16.4. The standard InChI is InChI=1S/C12H21N5O6/c1-5(13)10(20)17-7(4-9(15)19)11(21)16-6(12(22)23)2-3-8(14)18/h5-7H,2-4,13H2,1H3,(H2,14,18)(H2,15,19)(H,16,21)(H,17,20)(H,22,23). The van der Waals surface area contributed by atoms with Crippen LogP contribution in [0, 0.1) is 0 Å². The Morgan fingerprint density at radius 2 is 1.48 bits per heavy atom. The van der Waals surface area contributed by atoms with Gasteiger partial charge in [-0.25, -0.2) is 4.79 Å². The molecule has 11 nitrogen and oxygen atoms in total. The second-order valence-corrected chi connectivity index (χ2v) is 4.92. The van der Waals surface area contributed by atoms with E-state index in [1.165, 1.54) is 6.92 Å². The summed E-state index contributed by atoms with van der Waals surface area (Å²) in [4.78, 5) is 56.3. The number of carboxylic acids is 1. The highest BCUT2D eigenvalue weighted by Gasteiger charge is 2.28. The fourth-order valence-corrected chi connectivity index (χ4v) is 1.53. The predicted octanol–water partition coefficient (Wildman–Crippen LogP) is -3.47. The van der Waals surface area contributed by atoms with E-state index in [1.54, 1.807) is 0 Å². The number of nitrogens with one attached hydrogen (secondary N) is 2. The van der Waals surface area contributed by atoms with Gasteiger partial charge >= 0.3 is 5.97 Å². The summed E-state index contributed by atoms with van der Waals surface area (Å²) in [6, 6.07) is -3.72. The van der Waals surface area contributed by atoms with E-state index in [0.29, 0.717) is 0 Å². The van der Waals surface area contributed by atoms with Gasteiger partial charge in [0.1, 0.15) is 12.1 Å². The van der Waals surface area contributed by atoms with Crippen molar-refractivity contribution >= 4 is 29.6 Å². The number of primary amides is 2. The molecule has 0 saturated heterocycles. The van der Waals surface area contributed by atoms with E-state index in [1.807, 2.05) is 0 Å². The van der Waals surface area contributed by atoms with Crippen molar-refractivity contribution in [2.45, 2.75) is 44.3 Å². The molecule has 0 aromatic carbocycles. The summed E-state index contributed by atoms with van der Waals surface area (Å²) in [6.45, 7) is 1.36. The number of hydrogen-bond donors (Lipinski definition) is 6. The van der Waals surface area contributed by atoms with Crippen LogP contribution in [-0.4, -0.2) is 52.8 Å². The van der Waals surface area contributed by atoms with Crippen LogP contribution in [0.15, 0.2) is 0 Å². The molecule has 0 rings (SSSR count). The Morgan fingerprint density at radius 3 is 1.87 bits per heavy atom. The van der Waals surface area contributed by atoms with E-state index in [0.717, 1.165) is 0 Å². The number of rotatable bonds is 10. The average molecular weight is 331 g/mol. The molecule has 9 N–H and O–H groups in total. The molecule has 0 saturated carbocycles. The van der Waals surface area contributed by atoms with Gasteiger partial charge in [0.05, 0.1) is 12.5 Å². The van der Waals surface area contributed by atoms with Gasteiger partial charge in [-0.15, -0.1) is 0 Å². The smallest absolute Gasteiger partial charge is 0.326 e. The van der Waals surface area contributed by atoms with Crippen LogP contribution in [-0.2, 0) is 24.0 Å². The van der Waals surface area contributed by atoms with Crippen molar-refractivity contribution in [1.29, 1.82) is 0 Å². The Kier molecular flexibility index (Phi) is 8.26. The first-order valence-electron chi connectivity index (χ1n) is 6.70. The second-order valence-electron chi connectivity index (χ2n) is 4.92. The minimum Gasteiger partial charge on any atom is -0.480 e. The summed E-state index contributed by atoms with van der Waals surface area (Å²) in [5, 5.41) is 13.3. The van der Waals surface area contributed by atoms with Gasteiger partial charge in [-0.2, -0.15) is 0 Å². The zero-order valence-corrected chi connectivity index (χ0v) is 12.6. The lowest BCUT2D eigenvalue weighted by Crippen LogP contribution is -2.55. The summed E-state index contributed by atoms with van der Waals surface area (Å²) < 4.78 is 0. The molecule has 0 aliphatic carbocycles. The van der Waals surface area contributed by atoms with Gasteiger partial charge in [-0.1, -0.05) is 0 Å². The summed E-state index contributed by atoms with van der Waals surface area (Å²) in [5.41, 5.74) is 15.3. The van der Waals surface area contributed by atoms with Crippen LogP contribution < -0.4 is 27.8 Å². The summed E-state index contributed by atoms with van der Waals surface area (Å²) in [5.74, 6) is -4.65. The van der Waals surface area contributed by atoms with Crippen LogP contribution in [0.5, 0.6) is 0 Å². The molecule has 130 valence electrons. The largest absolute Gasteiger partial charge is 0.480 e. The molecule has 3 unspecified atom stereocenters. The fraction of sp³-hybridized carbons (Fsp3) is 0.583. The van der Waals surface area contributed by atoms with Gasteiger partial charge in [-0.05, 0) is 13.3 Å². The van der Waals surface area contributed by atoms with Crippen molar-refractivity contribution in [3.05, 3.63) is 0 Å². The van der Waals surface area contributed by atoms with Crippen molar-refractivity contribution in [2.75, 3.05) is 0 Å². The highest BCUT2D eigenvalue weighted by Crippen LogP contribution is 2.00. The van der Waals surface area contributed by atoms with E-state index < -0.39 is 54.1 Å². The average Bonchev–Trinajstić information content (AvgIpc) is 2.40. The maximum Gasteiger partial charge on any atom is 0.326 e. The predicted molar refractivity (Wildman–Crippen MR) is 77.4 cm³/mol. The Morgan fingerprint density at radius 1 is 0.957 bits per heavy atom. The second kappa shape index (κ2) is 9.35. The highest BCUT2D eigenvalue weighted by molar-refractivity contribution is 5.94. The first-order valence-corrected chi connectivity index (χ1v) is 6.70. The van der Waals surface area contributed by atoms with Crippen molar-refractivity contribution in [1.82, 2.24) is 10.6 Å². The fourth-order valence-electron chi connectivity index (χ4n) is 1.53. The summed E-state index contributed by atoms with van der Waals surface area (Å²) in [6.07, 6.45) is -1.03. The van der Waals surface area contributed by atoms with Gasteiger partial charge in [0.25, 0.3) is 0 Å². The molecular weight excluding hydrogens is 310 g/mol. The molecular formula is C12H21N5O6. The van der Waals surface area contributed by atoms with Gasteiger partial charge in [-0.3, -0.25) is 19.2 Å². The third-order valence-corrected chi connectivity index (χ3v) is 2.75. The van der Waals surface area contributed by atoms with Crippen LogP contribution >= 0.6 is 0 Å². The molecule has 0 fully saturated rings. The van der Waals surface area contributed by atoms with Crippen LogP contribution in [0.4, 0.5) is 0 Å². The summed E-state index contributed by atoms with van der Waals surface area (Å²) >= 11 is 0. The lowest BCUT2D eigenvalue weighted by atomic mass is 10.1. The Hall–Kier alpha value is -2.69. The number of carbonyl (C=O) groups is 5. The molecule has 0 radical (unpaired) electrons. The van der Waals surface area contributed by atoms with E-state index in [4.69, 9.17) is 22.3 Å². The molecule has 0 spiro atoms. The van der Waals surface area contributed by atoms with Crippen molar-refractivity contribution in [2.24, 2.45) is 17.2 Å². The number of carbonyl (C=O) groups excluding carboxylic acids is 4. The maximum absolute atomic E-state index is 12.0. The van der Waals surface area contributed by atoms with Crippen molar-refractivity contribution in [3.8, 4) is 0 Å². The lowest BCUT2D eigenvalue weighted by molar-refractivity contribution is -0.142. The molecule has 11 heteroatoms. The van der Waals surface area contributed by atoms with Crippen LogP contribution in [0.2, 0.25) is 0 Å². The third kappa shape index (κ3) is 8.36. The zero-order valence-electron chi connectivity index (χ0n) is 12.6. The van der Waals surface area contributed by atoms with Crippen molar-refractivity contribution < 1.29 is 29.1 Å². The number of carboxylic acid groups (broad SMARTS) is 1. The van der Waals surface area contributed by atoms with E-state index in [-0.39, 0.29) is 12.8 Å². The van der Waals surface area contributed by atoms with Gasteiger partial charge in [0.15, 0.2) is 0 Å². The van der Waals surface area contributed by atoms with Gasteiger partial charge < -0.3 is 32.9 Å². The molecule has 0 aromatic heterocycles.